The fraction of sp³-hybridized carbons (Fsp3) is 0.292. The molecule has 5 rings (SSSR count). The number of ether oxygens (including phenoxy) is 1. The van der Waals surface area contributed by atoms with E-state index in [-0.39, 0.29) is 6.10 Å². The fourth-order valence-corrected chi connectivity index (χ4v) is 3.99. The van der Waals surface area contributed by atoms with Gasteiger partial charge in [0.05, 0.1) is 17.8 Å². The molecular weight excluding hydrogens is 445 g/mol. The molecule has 0 aliphatic carbocycles. The summed E-state index contributed by atoms with van der Waals surface area (Å²) in [5.41, 5.74) is 3.70. The lowest BCUT2D eigenvalue weighted by Crippen LogP contribution is -2.39. The Kier molecular flexibility index (Phi) is 5.60. The summed E-state index contributed by atoms with van der Waals surface area (Å²) in [5.74, 6) is 0.654. The number of alkyl halides is 3. The molecule has 1 aliphatic rings. The molecule has 0 radical (unpaired) electrons. The first-order valence-electron chi connectivity index (χ1n) is 10.7. The zero-order valence-corrected chi connectivity index (χ0v) is 18.5. The standard InChI is InChI=1S/C24H21F3N6O/c1-14-9-16(5-6-28-14)19-13-33(7-8-34-19)21-10-18-23(30-11-15(2)31-18)22(32-21)17-3-4-20(29-12-17)24(25,26)27/h3-6,9-12,19H,7-8,13H2,1-2H3/t19-/m0/s1. The molecule has 1 saturated heterocycles. The van der Waals surface area contributed by atoms with Crippen LogP contribution in [0.25, 0.3) is 22.3 Å². The minimum atomic E-state index is -4.51. The SMILES string of the molecule is Cc1cc([C@@H]2CN(c3cc4nc(C)cnc4c(-c4ccc(C(F)(F)F)nc4)n3)CCO2)ccn1. The van der Waals surface area contributed by atoms with E-state index in [1.165, 1.54) is 12.3 Å². The van der Waals surface area contributed by atoms with Crippen molar-refractivity contribution < 1.29 is 17.9 Å². The van der Waals surface area contributed by atoms with E-state index >= 15 is 0 Å². The van der Waals surface area contributed by atoms with Crippen LogP contribution in [0.4, 0.5) is 19.0 Å². The third-order valence-corrected chi connectivity index (χ3v) is 5.65. The van der Waals surface area contributed by atoms with Crippen molar-refractivity contribution in [2.45, 2.75) is 26.1 Å². The van der Waals surface area contributed by atoms with Gasteiger partial charge < -0.3 is 9.64 Å². The van der Waals surface area contributed by atoms with Crippen molar-refractivity contribution in [1.82, 2.24) is 24.9 Å². The number of hydrogen-bond donors (Lipinski definition) is 0. The molecule has 174 valence electrons. The topological polar surface area (TPSA) is 76.9 Å². The maximum absolute atomic E-state index is 13.0. The molecule has 0 saturated carbocycles. The summed E-state index contributed by atoms with van der Waals surface area (Å²) in [6.07, 6.45) is -0.123. The van der Waals surface area contributed by atoms with Crippen molar-refractivity contribution in [2.75, 3.05) is 24.6 Å². The Labute approximate surface area is 193 Å². The van der Waals surface area contributed by atoms with Gasteiger partial charge in [-0.2, -0.15) is 13.2 Å². The summed E-state index contributed by atoms with van der Waals surface area (Å²) in [4.78, 5) is 23.8. The molecule has 4 aromatic rings. The van der Waals surface area contributed by atoms with Gasteiger partial charge in [0.1, 0.15) is 28.8 Å². The molecule has 7 nitrogen and oxygen atoms in total. The monoisotopic (exact) mass is 466 g/mol. The van der Waals surface area contributed by atoms with E-state index in [1.54, 1.807) is 12.4 Å². The number of halogens is 3. The highest BCUT2D eigenvalue weighted by Gasteiger charge is 2.32. The largest absolute Gasteiger partial charge is 0.433 e. The molecule has 0 bridgehead atoms. The van der Waals surface area contributed by atoms with Gasteiger partial charge in [-0.15, -0.1) is 0 Å². The van der Waals surface area contributed by atoms with Gasteiger partial charge in [-0.1, -0.05) is 0 Å². The van der Waals surface area contributed by atoms with E-state index in [9.17, 15) is 13.2 Å². The van der Waals surface area contributed by atoms with Crippen LogP contribution in [0.15, 0.2) is 48.9 Å². The molecule has 0 aromatic carbocycles. The maximum Gasteiger partial charge on any atom is 0.433 e. The molecule has 1 fully saturated rings. The summed E-state index contributed by atoms with van der Waals surface area (Å²) in [7, 11) is 0. The molecule has 1 atom stereocenters. The average molecular weight is 466 g/mol. The summed E-state index contributed by atoms with van der Waals surface area (Å²) in [6.45, 7) is 5.44. The molecule has 10 heteroatoms. The Morgan fingerprint density at radius 2 is 1.82 bits per heavy atom. The number of fused-ring (bicyclic) bond motifs is 1. The van der Waals surface area contributed by atoms with Crippen molar-refractivity contribution in [3.63, 3.8) is 0 Å². The number of rotatable bonds is 3. The van der Waals surface area contributed by atoms with E-state index in [1.807, 2.05) is 32.0 Å². The lowest BCUT2D eigenvalue weighted by atomic mass is 10.1. The molecule has 5 heterocycles. The van der Waals surface area contributed by atoms with Gasteiger partial charge in [0.25, 0.3) is 0 Å². The summed E-state index contributed by atoms with van der Waals surface area (Å²) < 4.78 is 45.0. The van der Waals surface area contributed by atoms with Crippen LogP contribution in [0.3, 0.4) is 0 Å². The van der Waals surface area contributed by atoms with E-state index in [4.69, 9.17) is 9.72 Å². The highest BCUT2D eigenvalue weighted by Crippen LogP contribution is 2.33. The van der Waals surface area contributed by atoms with E-state index in [0.29, 0.717) is 47.8 Å². The Balaban J connectivity index is 1.55. The minimum Gasteiger partial charge on any atom is -0.370 e. The van der Waals surface area contributed by atoms with Crippen molar-refractivity contribution in [1.29, 1.82) is 0 Å². The van der Waals surface area contributed by atoms with Crippen LogP contribution < -0.4 is 4.90 Å². The molecular formula is C24H21F3N6O. The number of hydrogen-bond acceptors (Lipinski definition) is 7. The lowest BCUT2D eigenvalue weighted by molar-refractivity contribution is -0.141. The molecule has 1 aliphatic heterocycles. The third-order valence-electron chi connectivity index (χ3n) is 5.65. The van der Waals surface area contributed by atoms with Gasteiger partial charge in [-0.05, 0) is 43.7 Å². The first-order chi connectivity index (χ1) is 16.3. The van der Waals surface area contributed by atoms with Crippen LogP contribution in [0.2, 0.25) is 0 Å². The molecule has 0 unspecified atom stereocenters. The zero-order valence-electron chi connectivity index (χ0n) is 18.5. The number of aryl methyl sites for hydroxylation is 2. The van der Waals surface area contributed by atoms with Crippen LogP contribution in [-0.2, 0) is 10.9 Å². The van der Waals surface area contributed by atoms with Gasteiger partial charge in [0, 0.05) is 49.0 Å². The highest BCUT2D eigenvalue weighted by molar-refractivity contribution is 5.91. The molecule has 0 amide bonds. The molecule has 4 aromatic heterocycles. The number of morpholine rings is 1. The van der Waals surface area contributed by atoms with Crippen LogP contribution >= 0.6 is 0 Å². The quantitative estimate of drug-likeness (QED) is 0.433. The smallest absolute Gasteiger partial charge is 0.370 e. The Bertz CT molecular complexity index is 1340. The molecule has 34 heavy (non-hydrogen) atoms. The van der Waals surface area contributed by atoms with Crippen LogP contribution in [0.5, 0.6) is 0 Å². The van der Waals surface area contributed by atoms with Crippen LogP contribution in [-0.4, -0.2) is 44.6 Å². The minimum absolute atomic E-state index is 0.160. The first kappa shape index (κ1) is 22.1. The second-order valence-corrected chi connectivity index (χ2v) is 8.17. The first-order valence-corrected chi connectivity index (χ1v) is 10.7. The van der Waals surface area contributed by atoms with Crippen LogP contribution in [0.1, 0.15) is 28.7 Å². The van der Waals surface area contributed by atoms with Crippen molar-refractivity contribution in [3.8, 4) is 11.3 Å². The Morgan fingerprint density at radius 1 is 0.971 bits per heavy atom. The Morgan fingerprint density at radius 3 is 2.56 bits per heavy atom. The number of pyridine rings is 3. The van der Waals surface area contributed by atoms with Crippen molar-refractivity contribution >= 4 is 16.9 Å². The number of aromatic nitrogens is 5. The lowest BCUT2D eigenvalue weighted by Gasteiger charge is -2.34. The summed E-state index contributed by atoms with van der Waals surface area (Å²) >= 11 is 0. The third kappa shape index (κ3) is 4.41. The maximum atomic E-state index is 13.0. The van der Waals surface area contributed by atoms with Crippen molar-refractivity contribution in [2.24, 2.45) is 0 Å². The fourth-order valence-electron chi connectivity index (χ4n) is 3.99. The van der Waals surface area contributed by atoms with Gasteiger partial charge in [0.15, 0.2) is 0 Å². The Hall–Kier alpha value is -3.66. The summed E-state index contributed by atoms with van der Waals surface area (Å²) in [5, 5.41) is 0. The van der Waals surface area contributed by atoms with Gasteiger partial charge >= 0.3 is 6.18 Å². The van der Waals surface area contributed by atoms with Gasteiger partial charge in [0.2, 0.25) is 0 Å². The normalized spacial score (nSPS) is 16.7. The number of nitrogens with zero attached hydrogens (tertiary/aromatic N) is 6. The highest BCUT2D eigenvalue weighted by atomic mass is 19.4. The van der Waals surface area contributed by atoms with Gasteiger partial charge in [-0.3, -0.25) is 15.0 Å². The van der Waals surface area contributed by atoms with Gasteiger partial charge in [-0.25, -0.2) is 9.97 Å². The molecule has 0 spiro atoms. The zero-order chi connectivity index (χ0) is 23.9. The predicted octanol–water partition coefficient (Wildman–Crippen LogP) is 4.70. The van der Waals surface area contributed by atoms with Crippen molar-refractivity contribution in [3.05, 3.63) is 71.6 Å². The van der Waals surface area contributed by atoms with Crippen LogP contribution in [0, 0.1) is 13.8 Å². The number of anilines is 1. The molecule has 0 N–H and O–H groups in total. The summed E-state index contributed by atoms with van der Waals surface area (Å²) in [6, 6.07) is 8.11. The second-order valence-electron chi connectivity index (χ2n) is 8.17. The predicted molar refractivity (Wildman–Crippen MR) is 120 cm³/mol. The van der Waals surface area contributed by atoms with E-state index in [2.05, 4.69) is 24.8 Å². The van der Waals surface area contributed by atoms with E-state index in [0.717, 1.165) is 23.0 Å². The second kappa shape index (κ2) is 8.60. The van der Waals surface area contributed by atoms with E-state index < -0.39 is 11.9 Å². The average Bonchev–Trinajstić information content (AvgIpc) is 2.83.